The number of pyridine rings is 1. The zero-order valence-corrected chi connectivity index (χ0v) is 15.3. The zero-order chi connectivity index (χ0) is 18.5. The number of amides is 1. The van der Waals surface area contributed by atoms with Crippen molar-refractivity contribution < 1.29 is 4.79 Å². The summed E-state index contributed by atoms with van der Waals surface area (Å²) in [6.45, 7) is 6.77. The molecule has 0 unspecified atom stereocenters. The topological polar surface area (TPSA) is 54.0 Å². The van der Waals surface area contributed by atoms with E-state index in [1.807, 2.05) is 38.1 Å². The van der Waals surface area contributed by atoms with Crippen molar-refractivity contribution in [1.82, 2.24) is 4.98 Å². The number of nitrogens with one attached hydrogen (secondary N) is 2. The minimum Gasteiger partial charge on any atom is -0.380 e. The van der Waals surface area contributed by atoms with Crippen LogP contribution in [0.5, 0.6) is 0 Å². The summed E-state index contributed by atoms with van der Waals surface area (Å²) in [6.07, 6.45) is 3.30. The Morgan fingerprint density at radius 3 is 2.38 bits per heavy atom. The average Bonchev–Trinajstić information content (AvgIpc) is 2.64. The van der Waals surface area contributed by atoms with Crippen molar-refractivity contribution in [2.75, 3.05) is 10.6 Å². The number of benzene rings is 2. The monoisotopic (exact) mass is 345 g/mol. The van der Waals surface area contributed by atoms with Crippen LogP contribution in [0.15, 0.2) is 60.9 Å². The Kier molecular flexibility index (Phi) is 5.32. The number of carbonyl (C=O) groups excluding carboxylic acids is 1. The molecule has 0 aliphatic rings. The summed E-state index contributed by atoms with van der Waals surface area (Å²) in [5.41, 5.74) is 6.79. The third-order valence-corrected chi connectivity index (χ3v) is 4.25. The van der Waals surface area contributed by atoms with Crippen LogP contribution in [0, 0.1) is 20.8 Å². The Morgan fingerprint density at radius 1 is 0.923 bits per heavy atom. The van der Waals surface area contributed by atoms with Crippen LogP contribution < -0.4 is 10.6 Å². The molecule has 3 aromatic rings. The third kappa shape index (κ3) is 4.48. The summed E-state index contributed by atoms with van der Waals surface area (Å²) >= 11 is 0. The SMILES string of the molecule is Cc1ccc(CNc2cncc(C(=O)Nc3ccc(C)cc3C)c2)cc1. The lowest BCUT2D eigenvalue weighted by Gasteiger charge is -2.11. The van der Waals surface area contributed by atoms with Crippen molar-refractivity contribution in [2.45, 2.75) is 27.3 Å². The zero-order valence-electron chi connectivity index (χ0n) is 15.3. The van der Waals surface area contributed by atoms with Gasteiger partial charge in [-0.25, -0.2) is 0 Å². The highest BCUT2D eigenvalue weighted by Crippen LogP contribution is 2.18. The van der Waals surface area contributed by atoms with Crippen LogP contribution in [0.4, 0.5) is 11.4 Å². The van der Waals surface area contributed by atoms with Gasteiger partial charge in [0.2, 0.25) is 0 Å². The summed E-state index contributed by atoms with van der Waals surface area (Å²) in [5, 5.41) is 6.27. The van der Waals surface area contributed by atoms with E-state index in [2.05, 4.69) is 46.8 Å². The van der Waals surface area contributed by atoms with Crippen molar-refractivity contribution >= 4 is 17.3 Å². The second-order valence-corrected chi connectivity index (χ2v) is 6.57. The van der Waals surface area contributed by atoms with Gasteiger partial charge >= 0.3 is 0 Å². The molecule has 0 aliphatic heterocycles. The molecule has 2 aromatic carbocycles. The fourth-order valence-corrected chi connectivity index (χ4v) is 2.72. The summed E-state index contributed by atoms with van der Waals surface area (Å²) in [5.74, 6) is -0.163. The number of carbonyl (C=O) groups is 1. The van der Waals surface area contributed by atoms with E-state index in [4.69, 9.17) is 0 Å². The molecule has 1 heterocycles. The predicted octanol–water partition coefficient (Wildman–Crippen LogP) is 4.87. The van der Waals surface area contributed by atoms with Gasteiger partial charge in [0.05, 0.1) is 11.3 Å². The lowest BCUT2D eigenvalue weighted by Crippen LogP contribution is -2.13. The number of hydrogen-bond donors (Lipinski definition) is 2. The number of nitrogens with zero attached hydrogens (tertiary/aromatic N) is 1. The van der Waals surface area contributed by atoms with Crippen LogP contribution in [-0.2, 0) is 6.54 Å². The number of hydrogen-bond acceptors (Lipinski definition) is 3. The molecule has 0 saturated carbocycles. The molecule has 132 valence electrons. The van der Waals surface area contributed by atoms with Gasteiger partial charge < -0.3 is 10.6 Å². The van der Waals surface area contributed by atoms with E-state index in [1.165, 1.54) is 16.7 Å². The Labute approximate surface area is 154 Å². The highest BCUT2D eigenvalue weighted by Gasteiger charge is 2.09. The van der Waals surface area contributed by atoms with Crippen LogP contribution in [0.25, 0.3) is 0 Å². The Bertz CT molecular complexity index is 917. The first kappa shape index (κ1) is 17.7. The van der Waals surface area contributed by atoms with Crippen LogP contribution in [-0.4, -0.2) is 10.9 Å². The minimum atomic E-state index is -0.163. The molecule has 0 aliphatic carbocycles. The number of aromatic nitrogens is 1. The van der Waals surface area contributed by atoms with Crippen molar-refractivity contribution in [3.8, 4) is 0 Å². The van der Waals surface area contributed by atoms with Gasteiger partial charge in [-0.05, 0) is 44.0 Å². The van der Waals surface area contributed by atoms with Gasteiger partial charge in [0.25, 0.3) is 5.91 Å². The van der Waals surface area contributed by atoms with E-state index in [0.717, 1.165) is 16.9 Å². The van der Waals surface area contributed by atoms with E-state index >= 15 is 0 Å². The first-order valence-electron chi connectivity index (χ1n) is 8.64. The van der Waals surface area contributed by atoms with Gasteiger partial charge in [0, 0.05) is 24.6 Å². The van der Waals surface area contributed by atoms with Crippen LogP contribution in [0.3, 0.4) is 0 Å². The lowest BCUT2D eigenvalue weighted by molar-refractivity contribution is 0.102. The molecule has 0 spiro atoms. The largest absolute Gasteiger partial charge is 0.380 e. The second kappa shape index (κ2) is 7.83. The highest BCUT2D eigenvalue weighted by atomic mass is 16.1. The predicted molar refractivity (Wildman–Crippen MR) is 107 cm³/mol. The molecule has 26 heavy (non-hydrogen) atoms. The number of rotatable bonds is 5. The maximum atomic E-state index is 12.5. The molecule has 0 atom stereocenters. The van der Waals surface area contributed by atoms with Crippen LogP contribution >= 0.6 is 0 Å². The smallest absolute Gasteiger partial charge is 0.257 e. The quantitative estimate of drug-likeness (QED) is 0.693. The average molecular weight is 345 g/mol. The van der Waals surface area contributed by atoms with Crippen molar-refractivity contribution in [3.05, 3.63) is 88.7 Å². The van der Waals surface area contributed by atoms with Gasteiger partial charge in [-0.15, -0.1) is 0 Å². The molecule has 4 heteroatoms. The summed E-state index contributed by atoms with van der Waals surface area (Å²) in [6, 6.07) is 16.1. The maximum Gasteiger partial charge on any atom is 0.257 e. The molecular formula is C22H23N3O. The molecule has 1 aromatic heterocycles. The van der Waals surface area contributed by atoms with Gasteiger partial charge in [0.15, 0.2) is 0 Å². The van der Waals surface area contributed by atoms with E-state index < -0.39 is 0 Å². The van der Waals surface area contributed by atoms with E-state index in [9.17, 15) is 4.79 Å². The molecule has 0 saturated heterocycles. The number of anilines is 2. The molecular weight excluding hydrogens is 322 g/mol. The fraction of sp³-hybridized carbons (Fsp3) is 0.182. The van der Waals surface area contributed by atoms with Crippen LogP contribution in [0.2, 0.25) is 0 Å². The van der Waals surface area contributed by atoms with E-state index in [1.54, 1.807) is 12.4 Å². The lowest BCUT2D eigenvalue weighted by atomic mass is 10.1. The molecule has 0 fully saturated rings. The van der Waals surface area contributed by atoms with Crippen molar-refractivity contribution in [3.63, 3.8) is 0 Å². The van der Waals surface area contributed by atoms with Gasteiger partial charge in [0.1, 0.15) is 0 Å². The molecule has 4 nitrogen and oxygen atoms in total. The maximum absolute atomic E-state index is 12.5. The molecule has 1 amide bonds. The highest BCUT2D eigenvalue weighted by molar-refractivity contribution is 6.04. The van der Waals surface area contributed by atoms with Gasteiger partial charge in [-0.3, -0.25) is 9.78 Å². The molecule has 0 radical (unpaired) electrons. The van der Waals surface area contributed by atoms with Crippen LogP contribution in [0.1, 0.15) is 32.6 Å². The third-order valence-electron chi connectivity index (χ3n) is 4.25. The fourth-order valence-electron chi connectivity index (χ4n) is 2.72. The standard InChI is InChI=1S/C22H23N3O/c1-15-4-7-18(8-5-15)12-24-20-11-19(13-23-14-20)22(26)25-21-9-6-16(2)10-17(21)3/h4-11,13-14,24H,12H2,1-3H3,(H,25,26). The Balaban J connectivity index is 1.67. The number of aryl methyl sites for hydroxylation is 3. The van der Waals surface area contributed by atoms with E-state index in [0.29, 0.717) is 12.1 Å². The summed E-state index contributed by atoms with van der Waals surface area (Å²) in [4.78, 5) is 16.7. The van der Waals surface area contributed by atoms with Crippen molar-refractivity contribution in [2.24, 2.45) is 0 Å². The van der Waals surface area contributed by atoms with Crippen molar-refractivity contribution in [1.29, 1.82) is 0 Å². The first-order chi connectivity index (χ1) is 12.5. The Hall–Kier alpha value is -3.14. The second-order valence-electron chi connectivity index (χ2n) is 6.57. The summed E-state index contributed by atoms with van der Waals surface area (Å²) in [7, 11) is 0. The minimum absolute atomic E-state index is 0.163. The molecule has 0 bridgehead atoms. The van der Waals surface area contributed by atoms with Gasteiger partial charge in [-0.1, -0.05) is 47.5 Å². The summed E-state index contributed by atoms with van der Waals surface area (Å²) < 4.78 is 0. The Morgan fingerprint density at radius 2 is 1.65 bits per heavy atom. The van der Waals surface area contributed by atoms with E-state index in [-0.39, 0.29) is 5.91 Å². The normalized spacial score (nSPS) is 10.4. The first-order valence-corrected chi connectivity index (χ1v) is 8.64. The molecule has 2 N–H and O–H groups in total. The van der Waals surface area contributed by atoms with Gasteiger partial charge in [-0.2, -0.15) is 0 Å². The molecule has 3 rings (SSSR count).